The number of rotatable bonds is 9. The van der Waals surface area contributed by atoms with Crippen molar-refractivity contribution in [2.24, 2.45) is 0 Å². The van der Waals surface area contributed by atoms with Gasteiger partial charge in [0.2, 0.25) is 0 Å². The van der Waals surface area contributed by atoms with Crippen LogP contribution in [0, 0.1) is 16.7 Å². The van der Waals surface area contributed by atoms with Crippen molar-refractivity contribution < 1.29 is 4.74 Å². The van der Waals surface area contributed by atoms with Gasteiger partial charge in [-0.3, -0.25) is 4.68 Å². The third-order valence-electron chi connectivity index (χ3n) is 6.43. The first kappa shape index (κ1) is 22.5. The minimum atomic E-state index is -0.394. The zero-order valence-corrected chi connectivity index (χ0v) is 19.4. The molecule has 1 aliphatic carbocycles. The second-order valence-corrected chi connectivity index (χ2v) is 8.73. The van der Waals surface area contributed by atoms with Gasteiger partial charge in [-0.25, -0.2) is 9.50 Å². The Morgan fingerprint density at radius 3 is 2.83 bits per heavy atom. The smallest absolute Gasteiger partial charge is 0.0999 e. The Morgan fingerprint density at radius 2 is 2.09 bits per heavy atom. The first-order chi connectivity index (χ1) is 17.2. The SMILES string of the molecule is CN/C=C(\C=N)c1cn2nccc2c(-c2cnn(C3(CC#N)CC(OCc4ccccc4)C3)c2)n1. The van der Waals surface area contributed by atoms with E-state index in [4.69, 9.17) is 15.1 Å². The van der Waals surface area contributed by atoms with Gasteiger partial charge in [0.1, 0.15) is 0 Å². The number of hydrogen-bond donors (Lipinski definition) is 2. The van der Waals surface area contributed by atoms with Gasteiger partial charge in [0, 0.05) is 49.6 Å². The highest BCUT2D eigenvalue weighted by Crippen LogP contribution is 2.44. The molecule has 1 saturated carbocycles. The highest BCUT2D eigenvalue weighted by atomic mass is 16.5. The van der Waals surface area contributed by atoms with Crippen LogP contribution in [0.1, 0.15) is 30.5 Å². The Kier molecular flexibility index (Phi) is 6.12. The number of ether oxygens (including phenoxy) is 1. The first-order valence-electron chi connectivity index (χ1n) is 11.5. The van der Waals surface area contributed by atoms with E-state index >= 15 is 0 Å². The van der Waals surface area contributed by atoms with Gasteiger partial charge in [-0.05, 0) is 11.6 Å². The number of aromatic nitrogens is 5. The fraction of sp³-hybridized carbons (Fsp3) is 0.269. The van der Waals surface area contributed by atoms with Crippen molar-refractivity contribution >= 4 is 17.3 Å². The maximum atomic E-state index is 9.55. The molecule has 4 aromatic rings. The molecule has 35 heavy (non-hydrogen) atoms. The lowest BCUT2D eigenvalue weighted by atomic mass is 9.72. The molecule has 3 aromatic heterocycles. The second-order valence-electron chi connectivity index (χ2n) is 8.73. The number of benzene rings is 1. The molecule has 9 heteroatoms. The number of nitrogens with zero attached hydrogens (tertiary/aromatic N) is 6. The molecule has 0 unspecified atom stereocenters. The van der Waals surface area contributed by atoms with Crippen LogP contribution >= 0.6 is 0 Å². The van der Waals surface area contributed by atoms with Gasteiger partial charge in [-0.15, -0.1) is 0 Å². The molecule has 2 N–H and O–H groups in total. The average Bonchev–Trinajstić information content (AvgIpc) is 3.54. The van der Waals surface area contributed by atoms with Crippen LogP contribution in [0.4, 0.5) is 0 Å². The summed E-state index contributed by atoms with van der Waals surface area (Å²) in [6.45, 7) is 0.559. The first-order valence-corrected chi connectivity index (χ1v) is 11.5. The lowest BCUT2D eigenvalue weighted by Gasteiger charge is -2.46. The zero-order chi connectivity index (χ0) is 24.3. The van der Waals surface area contributed by atoms with Gasteiger partial charge >= 0.3 is 0 Å². The van der Waals surface area contributed by atoms with Crippen molar-refractivity contribution in [3.63, 3.8) is 0 Å². The Morgan fingerprint density at radius 1 is 1.26 bits per heavy atom. The number of fused-ring (bicyclic) bond motifs is 1. The van der Waals surface area contributed by atoms with E-state index in [1.165, 1.54) is 6.21 Å². The maximum absolute atomic E-state index is 9.55. The Bertz CT molecular complexity index is 1410. The van der Waals surface area contributed by atoms with Crippen LogP contribution in [0.15, 0.2) is 67.4 Å². The Labute approximate surface area is 203 Å². The summed E-state index contributed by atoms with van der Waals surface area (Å²) in [7, 11) is 1.78. The lowest BCUT2D eigenvalue weighted by molar-refractivity contribution is -0.0838. The van der Waals surface area contributed by atoms with Gasteiger partial charge in [0.25, 0.3) is 0 Å². The van der Waals surface area contributed by atoms with Crippen molar-refractivity contribution in [2.45, 2.75) is 37.5 Å². The van der Waals surface area contributed by atoms with E-state index in [2.05, 4.69) is 33.7 Å². The molecule has 0 atom stereocenters. The van der Waals surface area contributed by atoms with Gasteiger partial charge in [0.15, 0.2) is 0 Å². The van der Waals surface area contributed by atoms with Crippen LogP contribution in [0.25, 0.3) is 22.3 Å². The number of allylic oxidation sites excluding steroid dienone is 1. The summed E-state index contributed by atoms with van der Waals surface area (Å²) in [6, 6.07) is 14.3. The van der Waals surface area contributed by atoms with Crippen LogP contribution in [0.5, 0.6) is 0 Å². The third-order valence-corrected chi connectivity index (χ3v) is 6.43. The maximum Gasteiger partial charge on any atom is 0.0999 e. The van der Waals surface area contributed by atoms with E-state index in [0.717, 1.165) is 35.2 Å². The molecule has 3 heterocycles. The van der Waals surface area contributed by atoms with Crippen molar-refractivity contribution in [3.8, 4) is 17.3 Å². The van der Waals surface area contributed by atoms with Gasteiger partial charge in [0.05, 0.1) is 66.2 Å². The van der Waals surface area contributed by atoms with Crippen molar-refractivity contribution in [2.75, 3.05) is 7.05 Å². The van der Waals surface area contributed by atoms with Crippen LogP contribution < -0.4 is 5.32 Å². The van der Waals surface area contributed by atoms with E-state index in [-0.39, 0.29) is 6.10 Å². The summed E-state index contributed by atoms with van der Waals surface area (Å²) in [4.78, 5) is 4.83. The summed E-state index contributed by atoms with van der Waals surface area (Å²) in [5.41, 5.74) is 4.40. The van der Waals surface area contributed by atoms with E-state index < -0.39 is 5.54 Å². The molecule has 0 spiro atoms. The highest BCUT2D eigenvalue weighted by Gasteiger charge is 2.47. The molecule has 0 aliphatic heterocycles. The second kappa shape index (κ2) is 9.52. The van der Waals surface area contributed by atoms with Crippen LogP contribution in [-0.2, 0) is 16.9 Å². The molecule has 176 valence electrons. The fourth-order valence-electron chi connectivity index (χ4n) is 4.58. The molecular formula is C26H26N8O. The molecule has 1 aromatic carbocycles. The van der Waals surface area contributed by atoms with E-state index in [1.807, 2.05) is 35.1 Å². The largest absolute Gasteiger partial charge is 0.393 e. The normalized spacial score (nSPS) is 19.8. The van der Waals surface area contributed by atoms with E-state index in [9.17, 15) is 5.26 Å². The molecule has 1 fully saturated rings. The predicted octanol–water partition coefficient (Wildman–Crippen LogP) is 3.79. The summed E-state index contributed by atoms with van der Waals surface area (Å²) in [5, 5.41) is 29.3. The molecule has 0 radical (unpaired) electrons. The summed E-state index contributed by atoms with van der Waals surface area (Å²) < 4.78 is 9.75. The standard InChI is InChI=1S/C26H26N8O/c1-29-14-20(13-28)23-17-33-24(7-10-30-33)25(32-23)21-15-31-34(16-21)26(8-9-27)11-22(12-26)35-18-19-5-3-2-4-6-19/h2-7,10,13-17,22,28-29H,8,11-12,18H2,1H3/b20-14+,28-13?. The number of nitriles is 1. The lowest BCUT2D eigenvalue weighted by Crippen LogP contribution is -2.50. The minimum Gasteiger partial charge on any atom is -0.393 e. The van der Waals surface area contributed by atoms with Crippen molar-refractivity contribution in [3.05, 3.63) is 78.6 Å². The van der Waals surface area contributed by atoms with Crippen LogP contribution in [0.2, 0.25) is 0 Å². The molecular weight excluding hydrogens is 440 g/mol. The molecule has 0 bridgehead atoms. The molecule has 0 saturated heterocycles. The topological polar surface area (TPSA) is 117 Å². The van der Waals surface area contributed by atoms with E-state index in [0.29, 0.717) is 24.3 Å². The minimum absolute atomic E-state index is 0.0843. The van der Waals surface area contributed by atoms with Crippen LogP contribution in [0.3, 0.4) is 0 Å². The number of nitrogens with one attached hydrogen (secondary N) is 2. The van der Waals surface area contributed by atoms with Gasteiger partial charge in [-0.1, -0.05) is 30.3 Å². The summed E-state index contributed by atoms with van der Waals surface area (Å²) >= 11 is 0. The quantitative estimate of drug-likeness (QED) is 0.363. The average molecular weight is 467 g/mol. The Hall–Kier alpha value is -4.29. The predicted molar refractivity (Wildman–Crippen MR) is 132 cm³/mol. The van der Waals surface area contributed by atoms with Gasteiger partial charge < -0.3 is 15.5 Å². The summed E-state index contributed by atoms with van der Waals surface area (Å²) in [6.07, 6.45) is 12.1. The van der Waals surface area contributed by atoms with E-state index in [1.54, 1.807) is 36.4 Å². The zero-order valence-electron chi connectivity index (χ0n) is 19.4. The fourth-order valence-corrected chi connectivity index (χ4v) is 4.58. The third kappa shape index (κ3) is 4.32. The monoisotopic (exact) mass is 466 g/mol. The van der Waals surface area contributed by atoms with Crippen molar-refractivity contribution in [1.82, 2.24) is 29.7 Å². The number of hydrogen-bond acceptors (Lipinski definition) is 7. The molecule has 5 rings (SSSR count). The highest BCUT2D eigenvalue weighted by molar-refractivity contribution is 6.07. The molecule has 1 aliphatic rings. The Balaban J connectivity index is 1.41. The van der Waals surface area contributed by atoms with Crippen LogP contribution in [-0.4, -0.2) is 43.7 Å². The molecule has 9 nitrogen and oxygen atoms in total. The molecule has 0 amide bonds. The van der Waals surface area contributed by atoms with Gasteiger partial charge in [-0.2, -0.15) is 15.5 Å². The van der Waals surface area contributed by atoms with Crippen molar-refractivity contribution in [1.29, 1.82) is 10.7 Å². The summed E-state index contributed by atoms with van der Waals surface area (Å²) in [5.74, 6) is 0.